The normalized spacial score (nSPS) is 23.3. The molecule has 12 aromatic carbocycles. The minimum atomic E-state index is -0.143. The molecule has 4 fully saturated rings. The number of benzene rings is 12. The molecule has 4 bridgehead atoms. The maximum atomic E-state index is 2.70. The Bertz CT molecular complexity index is 5410. The van der Waals surface area contributed by atoms with Gasteiger partial charge in [0.2, 0.25) is 0 Å². The largest absolute Gasteiger partial charge is 0.310 e. The van der Waals surface area contributed by atoms with Gasteiger partial charge in [-0.1, -0.05) is 251 Å². The molecule has 482 valence electrons. The molecule has 0 radical (unpaired) electrons. The van der Waals surface area contributed by atoms with Crippen molar-refractivity contribution in [3.63, 3.8) is 0 Å². The molecule has 8 aliphatic carbocycles. The summed E-state index contributed by atoms with van der Waals surface area (Å²) < 4.78 is 0. The van der Waals surface area contributed by atoms with Gasteiger partial charge in [-0.2, -0.15) is 0 Å². The zero-order chi connectivity index (χ0) is 66.2. The molecule has 0 N–H and O–H groups in total. The molecule has 2 nitrogen and oxygen atoms in total. The fourth-order valence-corrected chi connectivity index (χ4v) is 22.9. The molecule has 12 aromatic rings. The predicted octanol–water partition coefficient (Wildman–Crippen LogP) is 25.8. The second-order valence-electron chi connectivity index (χ2n) is 34.4. The lowest BCUT2D eigenvalue weighted by Gasteiger charge is -2.43. The second-order valence-corrected chi connectivity index (χ2v) is 34.4. The molecule has 0 aliphatic heterocycles. The average Bonchev–Trinajstić information content (AvgIpc) is 1.51. The van der Waals surface area contributed by atoms with Crippen molar-refractivity contribution in [2.75, 3.05) is 9.80 Å². The van der Waals surface area contributed by atoms with Gasteiger partial charge in [0.25, 0.3) is 0 Å². The van der Waals surface area contributed by atoms with Crippen LogP contribution in [0.3, 0.4) is 0 Å². The number of anilines is 6. The summed E-state index contributed by atoms with van der Waals surface area (Å²) in [7, 11) is 0. The second kappa shape index (κ2) is 20.2. The maximum Gasteiger partial charge on any atom is 0.0577 e. The van der Waals surface area contributed by atoms with Crippen molar-refractivity contribution >= 4 is 55.7 Å². The lowest BCUT2D eigenvalue weighted by molar-refractivity contribution is 0.185. The average molecular weight is 1270 g/mol. The van der Waals surface area contributed by atoms with Gasteiger partial charge in [0, 0.05) is 55.5 Å². The van der Waals surface area contributed by atoms with Gasteiger partial charge in [0.05, 0.1) is 5.69 Å². The number of nitrogens with zero attached hydrogens (tertiary/aromatic N) is 2. The highest BCUT2D eigenvalue weighted by molar-refractivity contribution is 6.02. The van der Waals surface area contributed by atoms with E-state index in [0.29, 0.717) is 11.8 Å². The van der Waals surface area contributed by atoms with E-state index in [-0.39, 0.29) is 37.9 Å². The van der Waals surface area contributed by atoms with Crippen molar-refractivity contribution < 1.29 is 0 Å². The van der Waals surface area contributed by atoms with Gasteiger partial charge in [-0.15, -0.1) is 0 Å². The van der Waals surface area contributed by atoms with E-state index < -0.39 is 0 Å². The third-order valence-corrected chi connectivity index (χ3v) is 27.0. The van der Waals surface area contributed by atoms with Crippen LogP contribution >= 0.6 is 0 Å². The number of rotatable bonds is 9. The van der Waals surface area contributed by atoms with Crippen LogP contribution in [0, 0.1) is 23.2 Å². The smallest absolute Gasteiger partial charge is 0.0577 e. The van der Waals surface area contributed by atoms with Crippen LogP contribution in [-0.2, 0) is 32.5 Å². The van der Waals surface area contributed by atoms with E-state index in [2.05, 4.69) is 315 Å². The Morgan fingerprint density at radius 1 is 0.367 bits per heavy atom. The van der Waals surface area contributed by atoms with E-state index >= 15 is 0 Å². The Morgan fingerprint density at radius 2 is 0.837 bits per heavy atom. The maximum absolute atomic E-state index is 2.70. The summed E-state index contributed by atoms with van der Waals surface area (Å²) in [6.45, 7) is 22.0. The number of hydrogen-bond acceptors (Lipinski definition) is 2. The monoisotopic (exact) mass is 1270 g/mol. The van der Waals surface area contributed by atoms with Gasteiger partial charge >= 0.3 is 0 Å². The van der Waals surface area contributed by atoms with Gasteiger partial charge in [0.15, 0.2) is 0 Å². The lowest BCUT2D eigenvalue weighted by atomic mass is 9.61. The third kappa shape index (κ3) is 8.04. The summed E-state index contributed by atoms with van der Waals surface area (Å²) in [6, 6.07) is 96.0. The molecule has 6 unspecified atom stereocenters. The summed E-state index contributed by atoms with van der Waals surface area (Å²) in [4.78, 5) is 5.30. The summed E-state index contributed by atoms with van der Waals surface area (Å²) in [6.07, 6.45) is 11.4. The van der Waals surface area contributed by atoms with Crippen molar-refractivity contribution in [3.8, 4) is 44.5 Å². The Morgan fingerprint density at radius 3 is 1.42 bits per heavy atom. The van der Waals surface area contributed by atoms with Crippen molar-refractivity contribution in [3.05, 3.63) is 298 Å². The molecular weight excluding hydrogens is 1180 g/mol. The molecule has 98 heavy (non-hydrogen) atoms. The van der Waals surface area contributed by atoms with Gasteiger partial charge in [-0.05, 0) is 262 Å². The molecule has 0 aromatic heterocycles. The Hall–Kier alpha value is -9.24. The summed E-state index contributed by atoms with van der Waals surface area (Å²) in [5.74, 6) is 2.04. The highest BCUT2D eigenvalue weighted by atomic mass is 15.2. The first-order chi connectivity index (χ1) is 47.3. The first-order valence-corrected chi connectivity index (χ1v) is 37.0. The molecule has 0 amide bonds. The van der Waals surface area contributed by atoms with Gasteiger partial charge in [0.1, 0.15) is 0 Å². The van der Waals surface area contributed by atoms with Gasteiger partial charge < -0.3 is 9.80 Å². The van der Waals surface area contributed by atoms with Crippen LogP contribution in [0.15, 0.2) is 243 Å². The van der Waals surface area contributed by atoms with Crippen LogP contribution in [-0.4, -0.2) is 0 Å². The van der Waals surface area contributed by atoms with Gasteiger partial charge in [-0.3, -0.25) is 0 Å². The first-order valence-electron chi connectivity index (χ1n) is 37.0. The van der Waals surface area contributed by atoms with Crippen molar-refractivity contribution in [2.45, 2.75) is 153 Å². The number of hydrogen-bond donors (Lipinski definition) is 0. The topological polar surface area (TPSA) is 6.48 Å². The zero-order valence-corrected chi connectivity index (χ0v) is 58.6. The summed E-state index contributed by atoms with van der Waals surface area (Å²) in [5, 5.41) is 5.15. The minimum Gasteiger partial charge on any atom is -0.310 e. The van der Waals surface area contributed by atoms with E-state index in [1.54, 1.807) is 16.7 Å². The quantitative estimate of drug-likeness (QED) is 0.142. The molecule has 0 heterocycles. The summed E-state index contributed by atoms with van der Waals surface area (Å²) in [5.41, 5.74) is 32.9. The fourth-order valence-electron chi connectivity index (χ4n) is 22.9. The Kier molecular flexibility index (Phi) is 12.1. The van der Waals surface area contributed by atoms with Crippen LogP contribution in [0.2, 0.25) is 0 Å². The molecule has 2 heteroatoms. The lowest BCUT2D eigenvalue weighted by Crippen LogP contribution is -2.36. The Balaban J connectivity index is 0.687. The molecule has 4 saturated carbocycles. The first kappa shape index (κ1) is 58.9. The highest BCUT2D eigenvalue weighted by Crippen LogP contribution is 2.73. The standard InChI is InChI=1S/C96H88N2/c1-90(2,3)84-45-33-61-20-10-11-21-71(61)89(84)98(69-39-42-77-73-23-13-17-27-81(73)93(8,9)86(77)52-69)70-40-44-79-75-25-15-19-29-83(75)96(88(79)54-70)58-94(47-46-65(96)56-94)57-91(4,5)63-35-31-60-32-36-66(50-62(60)49-63)97(67-37-41-76-72-22-12-16-26-80(72)92(6,7)85(76)51-67)68-38-43-78-74-24-14-18-28-82(74)95(87(78)53-68)55-59-30-34-64(95)48-59/h10-29,31-33,35-45,49-54,59,64-65H,30,34,46-48,55-58H2,1-9H3. The van der Waals surface area contributed by atoms with Crippen LogP contribution in [0.4, 0.5) is 34.1 Å². The van der Waals surface area contributed by atoms with E-state index in [4.69, 9.17) is 0 Å². The van der Waals surface area contributed by atoms with E-state index in [1.165, 1.54) is 184 Å². The summed E-state index contributed by atoms with van der Waals surface area (Å²) >= 11 is 0. The third-order valence-electron chi connectivity index (χ3n) is 27.0. The number of fused-ring (bicyclic) bond motifs is 24. The SMILES string of the molecule is CC(C)(C)c1ccc2ccccc2c1N(c1ccc2c(c1)C(C)(C)c1ccccc1-2)c1ccc2c(c1)C1(CC3(CC(C)(C)c4ccc5ccc(N(c6ccc7c(c6)C(C)(C)c6ccccc6-7)c6ccc7c(c6)C6(CC8CCC6C8)c6ccccc6-7)cc5c4)CCC1C3)c1ccccc1-2. The fraction of sp³-hybridized carbons (Fsp3) is 0.292. The van der Waals surface area contributed by atoms with E-state index in [1.807, 2.05) is 0 Å². The van der Waals surface area contributed by atoms with Crippen molar-refractivity contribution in [2.24, 2.45) is 23.2 Å². The van der Waals surface area contributed by atoms with Crippen LogP contribution < -0.4 is 9.80 Å². The van der Waals surface area contributed by atoms with Crippen molar-refractivity contribution in [1.29, 1.82) is 0 Å². The molecule has 20 rings (SSSR count). The molecule has 0 saturated heterocycles. The van der Waals surface area contributed by atoms with Gasteiger partial charge in [-0.25, -0.2) is 0 Å². The van der Waals surface area contributed by atoms with E-state index in [9.17, 15) is 0 Å². The zero-order valence-electron chi connectivity index (χ0n) is 58.6. The Labute approximate surface area is 580 Å². The van der Waals surface area contributed by atoms with Crippen molar-refractivity contribution in [1.82, 2.24) is 0 Å². The molecule has 6 atom stereocenters. The molecule has 2 spiro atoms. The van der Waals surface area contributed by atoms with E-state index in [0.717, 1.165) is 18.8 Å². The molecular formula is C96H88N2. The minimum absolute atomic E-state index is 0.0813. The van der Waals surface area contributed by atoms with Crippen LogP contribution in [0.1, 0.15) is 176 Å². The van der Waals surface area contributed by atoms with Crippen LogP contribution in [0.25, 0.3) is 66.1 Å². The van der Waals surface area contributed by atoms with Crippen LogP contribution in [0.5, 0.6) is 0 Å². The highest BCUT2D eigenvalue weighted by Gasteiger charge is 2.64. The predicted molar refractivity (Wildman–Crippen MR) is 411 cm³/mol. The molecule has 8 aliphatic rings.